The number of carbonyl (C=O) groups is 2. The zero-order valence-corrected chi connectivity index (χ0v) is 20.5. The molecular formula is C24H33N3O4S. The summed E-state index contributed by atoms with van der Waals surface area (Å²) in [6.45, 7) is 9.28. The minimum absolute atomic E-state index is 0.203. The Kier molecular flexibility index (Phi) is 8.44. The number of hydrogen-bond donors (Lipinski definition) is 1. The van der Waals surface area contributed by atoms with E-state index in [0.29, 0.717) is 12.2 Å². The maximum atomic E-state index is 13.5. The summed E-state index contributed by atoms with van der Waals surface area (Å²) < 4.78 is 26.5. The van der Waals surface area contributed by atoms with Gasteiger partial charge in [-0.05, 0) is 56.9 Å². The quantitative estimate of drug-likeness (QED) is 0.625. The Morgan fingerprint density at radius 3 is 2.06 bits per heavy atom. The molecule has 2 aromatic carbocycles. The van der Waals surface area contributed by atoms with E-state index in [9.17, 15) is 18.0 Å². The largest absolute Gasteiger partial charge is 0.355 e. The summed E-state index contributed by atoms with van der Waals surface area (Å²) in [5.41, 5.74) is 3.89. The molecule has 0 radical (unpaired) electrons. The van der Waals surface area contributed by atoms with Crippen LogP contribution in [0.5, 0.6) is 0 Å². The molecule has 7 nitrogen and oxygen atoms in total. The molecule has 0 saturated heterocycles. The topological polar surface area (TPSA) is 86.8 Å². The molecule has 174 valence electrons. The van der Waals surface area contributed by atoms with Crippen molar-refractivity contribution in [3.8, 4) is 0 Å². The summed E-state index contributed by atoms with van der Waals surface area (Å²) in [6, 6.07) is 12.3. The summed E-state index contributed by atoms with van der Waals surface area (Å²) in [7, 11) is -3.74. The minimum Gasteiger partial charge on any atom is -0.355 e. The van der Waals surface area contributed by atoms with E-state index in [1.165, 1.54) is 4.90 Å². The number of anilines is 1. The normalized spacial score (nSPS) is 12.2. The second kappa shape index (κ2) is 10.6. The number of para-hydroxylation sites is 1. The van der Waals surface area contributed by atoms with Crippen LogP contribution in [0.25, 0.3) is 0 Å². The monoisotopic (exact) mass is 459 g/mol. The summed E-state index contributed by atoms with van der Waals surface area (Å²) in [5, 5.41) is 2.75. The predicted molar refractivity (Wildman–Crippen MR) is 128 cm³/mol. The average molecular weight is 460 g/mol. The number of hydrogen-bond acceptors (Lipinski definition) is 4. The average Bonchev–Trinajstić information content (AvgIpc) is 2.71. The van der Waals surface area contributed by atoms with E-state index < -0.39 is 22.0 Å². The smallest absolute Gasteiger partial charge is 0.244 e. The number of sulfonamides is 1. The molecule has 0 aliphatic heterocycles. The van der Waals surface area contributed by atoms with Gasteiger partial charge in [-0.2, -0.15) is 0 Å². The number of rotatable bonds is 9. The van der Waals surface area contributed by atoms with Crippen molar-refractivity contribution in [2.24, 2.45) is 0 Å². The van der Waals surface area contributed by atoms with Gasteiger partial charge in [0.05, 0.1) is 11.9 Å². The Bertz CT molecular complexity index is 1060. The first-order valence-corrected chi connectivity index (χ1v) is 12.5. The first-order chi connectivity index (χ1) is 15.0. The standard InChI is InChI=1S/C24H33N3O4S/c1-7-25-24(29)20(5)26(15-21-14-9-8-11-17(21)2)22(28)16-27(32(6,30)31)23-18(3)12-10-13-19(23)4/h8-14,20H,7,15-16H2,1-6H3,(H,25,29)/t20-/m1/s1. The van der Waals surface area contributed by atoms with Crippen molar-refractivity contribution in [2.75, 3.05) is 23.7 Å². The van der Waals surface area contributed by atoms with E-state index in [4.69, 9.17) is 0 Å². The van der Waals surface area contributed by atoms with Gasteiger partial charge in [0.1, 0.15) is 12.6 Å². The fourth-order valence-corrected chi connectivity index (χ4v) is 4.62. The van der Waals surface area contributed by atoms with Crippen LogP contribution in [0, 0.1) is 20.8 Å². The number of nitrogens with zero attached hydrogens (tertiary/aromatic N) is 2. The van der Waals surface area contributed by atoms with Crippen molar-refractivity contribution < 1.29 is 18.0 Å². The van der Waals surface area contributed by atoms with Gasteiger partial charge in [0.15, 0.2) is 0 Å². The molecule has 0 saturated carbocycles. The van der Waals surface area contributed by atoms with Crippen LogP contribution in [0.2, 0.25) is 0 Å². The maximum absolute atomic E-state index is 13.5. The van der Waals surface area contributed by atoms with Crippen molar-refractivity contribution in [1.29, 1.82) is 0 Å². The zero-order chi connectivity index (χ0) is 24.1. The van der Waals surface area contributed by atoms with Gasteiger partial charge in [-0.15, -0.1) is 0 Å². The van der Waals surface area contributed by atoms with Crippen LogP contribution in [-0.4, -0.2) is 50.5 Å². The Hall–Kier alpha value is -2.87. The van der Waals surface area contributed by atoms with Crippen molar-refractivity contribution in [1.82, 2.24) is 10.2 Å². The molecule has 8 heteroatoms. The van der Waals surface area contributed by atoms with Gasteiger partial charge < -0.3 is 10.2 Å². The molecule has 0 unspecified atom stereocenters. The lowest BCUT2D eigenvalue weighted by Crippen LogP contribution is -2.51. The summed E-state index contributed by atoms with van der Waals surface area (Å²) in [4.78, 5) is 27.5. The van der Waals surface area contributed by atoms with E-state index >= 15 is 0 Å². The highest BCUT2D eigenvalue weighted by atomic mass is 32.2. The first kappa shape index (κ1) is 25.4. The lowest BCUT2D eigenvalue weighted by molar-refractivity contribution is -0.139. The maximum Gasteiger partial charge on any atom is 0.244 e. The van der Waals surface area contributed by atoms with Crippen LogP contribution in [-0.2, 0) is 26.2 Å². The van der Waals surface area contributed by atoms with Gasteiger partial charge in [0, 0.05) is 13.1 Å². The molecule has 2 amide bonds. The van der Waals surface area contributed by atoms with Crippen LogP contribution < -0.4 is 9.62 Å². The Balaban J connectivity index is 2.46. The van der Waals surface area contributed by atoms with E-state index in [2.05, 4.69) is 5.32 Å². The van der Waals surface area contributed by atoms with Crippen LogP contribution in [0.4, 0.5) is 5.69 Å². The van der Waals surface area contributed by atoms with Crippen molar-refractivity contribution in [3.05, 3.63) is 64.7 Å². The first-order valence-electron chi connectivity index (χ1n) is 10.6. The van der Waals surface area contributed by atoms with Crippen LogP contribution >= 0.6 is 0 Å². The summed E-state index contributed by atoms with van der Waals surface area (Å²) in [5.74, 6) is -0.729. The molecule has 32 heavy (non-hydrogen) atoms. The molecule has 2 rings (SSSR count). The van der Waals surface area contributed by atoms with E-state index in [1.807, 2.05) is 70.2 Å². The second-order valence-electron chi connectivity index (χ2n) is 8.03. The molecule has 0 aliphatic carbocycles. The van der Waals surface area contributed by atoms with Crippen molar-refractivity contribution in [3.63, 3.8) is 0 Å². The van der Waals surface area contributed by atoms with E-state index in [1.54, 1.807) is 6.92 Å². The molecule has 1 atom stereocenters. The lowest BCUT2D eigenvalue weighted by atomic mass is 10.1. The van der Waals surface area contributed by atoms with Gasteiger partial charge in [-0.1, -0.05) is 42.5 Å². The van der Waals surface area contributed by atoms with Crippen LogP contribution in [0.15, 0.2) is 42.5 Å². The van der Waals surface area contributed by atoms with Gasteiger partial charge in [0.25, 0.3) is 0 Å². The van der Waals surface area contributed by atoms with Crippen molar-refractivity contribution >= 4 is 27.5 Å². The Morgan fingerprint density at radius 1 is 0.969 bits per heavy atom. The Labute approximate surface area is 191 Å². The molecule has 1 N–H and O–H groups in total. The third-order valence-corrected chi connectivity index (χ3v) is 6.60. The minimum atomic E-state index is -3.74. The lowest BCUT2D eigenvalue weighted by Gasteiger charge is -2.32. The predicted octanol–water partition coefficient (Wildman–Crippen LogP) is 2.93. The molecular weight excluding hydrogens is 426 g/mol. The number of benzene rings is 2. The SMILES string of the molecule is CCNC(=O)[C@@H](C)N(Cc1ccccc1C)C(=O)CN(c1c(C)cccc1C)S(C)(=O)=O. The van der Waals surface area contributed by atoms with Crippen LogP contribution in [0.3, 0.4) is 0 Å². The van der Waals surface area contributed by atoms with Gasteiger partial charge >= 0.3 is 0 Å². The highest BCUT2D eigenvalue weighted by Gasteiger charge is 2.31. The molecule has 0 spiro atoms. The van der Waals surface area contributed by atoms with Crippen LogP contribution in [0.1, 0.15) is 36.1 Å². The molecule has 2 aromatic rings. The number of aryl methyl sites for hydroxylation is 3. The van der Waals surface area contributed by atoms with E-state index in [0.717, 1.165) is 32.8 Å². The molecule has 0 aromatic heterocycles. The highest BCUT2D eigenvalue weighted by molar-refractivity contribution is 7.92. The van der Waals surface area contributed by atoms with E-state index in [-0.39, 0.29) is 19.0 Å². The number of amides is 2. The van der Waals surface area contributed by atoms with Crippen molar-refractivity contribution in [2.45, 2.75) is 47.2 Å². The summed E-state index contributed by atoms with van der Waals surface area (Å²) >= 11 is 0. The third kappa shape index (κ3) is 6.09. The zero-order valence-electron chi connectivity index (χ0n) is 19.7. The summed E-state index contributed by atoms with van der Waals surface area (Å²) in [6.07, 6.45) is 1.09. The fraction of sp³-hybridized carbons (Fsp3) is 0.417. The van der Waals surface area contributed by atoms with Gasteiger partial charge in [-0.25, -0.2) is 8.42 Å². The third-order valence-electron chi connectivity index (χ3n) is 5.49. The molecule has 0 fully saturated rings. The van der Waals surface area contributed by atoms with Gasteiger partial charge in [-0.3, -0.25) is 13.9 Å². The Morgan fingerprint density at radius 2 is 1.53 bits per heavy atom. The van der Waals surface area contributed by atoms with Gasteiger partial charge in [0.2, 0.25) is 21.8 Å². The number of carbonyl (C=O) groups excluding carboxylic acids is 2. The number of nitrogens with one attached hydrogen (secondary N) is 1. The second-order valence-corrected chi connectivity index (χ2v) is 9.94. The molecule has 0 bridgehead atoms. The molecule has 0 aliphatic rings. The molecule has 0 heterocycles. The number of likely N-dealkylation sites (N-methyl/N-ethyl adjacent to an activating group) is 1. The highest BCUT2D eigenvalue weighted by Crippen LogP contribution is 2.27. The fourth-order valence-electron chi connectivity index (χ4n) is 3.65.